The summed E-state index contributed by atoms with van der Waals surface area (Å²) in [6.45, 7) is 3.18. The Hall–Kier alpha value is 0.0700. The van der Waals surface area contributed by atoms with Gasteiger partial charge in [-0.3, -0.25) is 0 Å². The van der Waals surface area contributed by atoms with Gasteiger partial charge in [0.25, 0.3) is 0 Å². The standard InChI is InChI=1S/C12H18BrNOS/c1-9(12-11(13)4-6-15-12)14-5-7-16-8-10-2-3-10/h4,6,9-10,14H,2-3,5,7-8H2,1H3. The summed E-state index contributed by atoms with van der Waals surface area (Å²) in [4.78, 5) is 0. The fourth-order valence-electron chi connectivity index (χ4n) is 1.59. The lowest BCUT2D eigenvalue weighted by Crippen LogP contribution is -2.21. The third-order valence-corrected chi connectivity index (χ3v) is 4.64. The minimum atomic E-state index is 0.283. The predicted octanol–water partition coefficient (Wildman–Crippen LogP) is 3.84. The summed E-state index contributed by atoms with van der Waals surface area (Å²) >= 11 is 5.54. The number of thioether (sulfide) groups is 1. The summed E-state index contributed by atoms with van der Waals surface area (Å²) in [5.41, 5.74) is 0. The van der Waals surface area contributed by atoms with Crippen LogP contribution in [0.5, 0.6) is 0 Å². The fourth-order valence-corrected chi connectivity index (χ4v) is 3.23. The van der Waals surface area contributed by atoms with Crippen LogP contribution in [0.1, 0.15) is 31.6 Å². The zero-order valence-electron chi connectivity index (χ0n) is 9.54. The zero-order chi connectivity index (χ0) is 11.4. The molecule has 1 unspecified atom stereocenters. The van der Waals surface area contributed by atoms with E-state index in [9.17, 15) is 0 Å². The van der Waals surface area contributed by atoms with E-state index in [1.807, 2.05) is 6.07 Å². The Morgan fingerprint density at radius 1 is 1.62 bits per heavy atom. The number of halogens is 1. The molecule has 1 aliphatic rings. The molecule has 0 amide bonds. The van der Waals surface area contributed by atoms with E-state index >= 15 is 0 Å². The van der Waals surface area contributed by atoms with Crippen LogP contribution in [0.25, 0.3) is 0 Å². The van der Waals surface area contributed by atoms with Gasteiger partial charge in [-0.15, -0.1) is 0 Å². The van der Waals surface area contributed by atoms with Crippen LogP contribution in [0, 0.1) is 5.92 Å². The lowest BCUT2D eigenvalue weighted by Gasteiger charge is -2.11. The highest BCUT2D eigenvalue weighted by Crippen LogP contribution is 2.32. The summed E-state index contributed by atoms with van der Waals surface area (Å²) in [6.07, 6.45) is 4.63. The molecule has 1 saturated carbocycles. The first-order valence-corrected chi connectivity index (χ1v) is 7.76. The Morgan fingerprint density at radius 2 is 2.44 bits per heavy atom. The van der Waals surface area contributed by atoms with Crippen LogP contribution >= 0.6 is 27.7 Å². The summed E-state index contributed by atoms with van der Waals surface area (Å²) in [5.74, 6) is 4.56. The van der Waals surface area contributed by atoms with Crippen molar-refractivity contribution in [1.29, 1.82) is 0 Å². The normalized spacial score (nSPS) is 17.6. The number of hydrogen-bond donors (Lipinski definition) is 1. The Kier molecular flexibility index (Phi) is 4.79. The molecule has 0 aromatic carbocycles. The van der Waals surface area contributed by atoms with Gasteiger partial charge in [0.15, 0.2) is 0 Å². The molecular formula is C12H18BrNOS. The topological polar surface area (TPSA) is 25.2 Å². The molecule has 90 valence electrons. The fraction of sp³-hybridized carbons (Fsp3) is 0.667. The van der Waals surface area contributed by atoms with Crippen LogP contribution in [0.3, 0.4) is 0 Å². The van der Waals surface area contributed by atoms with Crippen molar-refractivity contribution in [1.82, 2.24) is 5.32 Å². The van der Waals surface area contributed by atoms with Crippen LogP contribution in [-0.2, 0) is 0 Å². The molecule has 1 aromatic rings. The molecular weight excluding hydrogens is 286 g/mol. The van der Waals surface area contributed by atoms with E-state index in [1.165, 1.54) is 24.3 Å². The molecule has 0 bridgehead atoms. The molecule has 2 rings (SSSR count). The highest BCUT2D eigenvalue weighted by molar-refractivity contribution is 9.10. The van der Waals surface area contributed by atoms with E-state index < -0.39 is 0 Å². The van der Waals surface area contributed by atoms with Crippen molar-refractivity contribution in [2.45, 2.75) is 25.8 Å². The van der Waals surface area contributed by atoms with Crippen LogP contribution in [0.2, 0.25) is 0 Å². The van der Waals surface area contributed by atoms with Gasteiger partial charge >= 0.3 is 0 Å². The third-order valence-electron chi connectivity index (χ3n) is 2.79. The Labute approximate surface area is 110 Å². The van der Waals surface area contributed by atoms with Crippen molar-refractivity contribution < 1.29 is 4.42 Å². The largest absolute Gasteiger partial charge is 0.466 e. The molecule has 1 aliphatic carbocycles. The van der Waals surface area contributed by atoms with Gasteiger partial charge in [-0.05, 0) is 53.4 Å². The quantitative estimate of drug-likeness (QED) is 0.775. The summed E-state index contributed by atoms with van der Waals surface area (Å²) in [7, 11) is 0. The minimum Gasteiger partial charge on any atom is -0.466 e. The molecule has 1 aromatic heterocycles. The minimum absolute atomic E-state index is 0.283. The lowest BCUT2D eigenvalue weighted by atomic mass is 10.2. The van der Waals surface area contributed by atoms with Crippen molar-refractivity contribution in [2.24, 2.45) is 5.92 Å². The lowest BCUT2D eigenvalue weighted by molar-refractivity contribution is 0.435. The molecule has 1 heterocycles. The third kappa shape index (κ3) is 3.82. The van der Waals surface area contributed by atoms with Gasteiger partial charge in [0.05, 0.1) is 16.8 Å². The average Bonchev–Trinajstić information content (AvgIpc) is 2.99. The van der Waals surface area contributed by atoms with Gasteiger partial charge in [0.1, 0.15) is 5.76 Å². The zero-order valence-corrected chi connectivity index (χ0v) is 11.9. The van der Waals surface area contributed by atoms with E-state index in [-0.39, 0.29) is 6.04 Å². The second-order valence-electron chi connectivity index (χ2n) is 4.33. The van der Waals surface area contributed by atoms with Crippen LogP contribution in [0.15, 0.2) is 21.2 Å². The maximum Gasteiger partial charge on any atom is 0.134 e. The first-order valence-electron chi connectivity index (χ1n) is 5.81. The average molecular weight is 304 g/mol. The molecule has 1 atom stereocenters. The van der Waals surface area contributed by atoms with E-state index in [0.717, 1.165) is 22.7 Å². The molecule has 0 radical (unpaired) electrons. The first-order chi connectivity index (χ1) is 7.77. The van der Waals surface area contributed by atoms with E-state index in [4.69, 9.17) is 4.42 Å². The highest BCUT2D eigenvalue weighted by Gasteiger charge is 2.20. The van der Waals surface area contributed by atoms with Crippen molar-refractivity contribution in [3.05, 3.63) is 22.6 Å². The predicted molar refractivity (Wildman–Crippen MR) is 72.9 cm³/mol. The number of furan rings is 1. The number of rotatable bonds is 7. The van der Waals surface area contributed by atoms with Crippen molar-refractivity contribution in [3.8, 4) is 0 Å². The highest BCUT2D eigenvalue weighted by atomic mass is 79.9. The van der Waals surface area contributed by atoms with Gasteiger partial charge in [0, 0.05) is 12.3 Å². The molecule has 4 heteroatoms. The summed E-state index contributed by atoms with van der Waals surface area (Å²) in [6, 6.07) is 2.22. The van der Waals surface area contributed by atoms with Gasteiger partial charge in [-0.1, -0.05) is 0 Å². The Morgan fingerprint density at radius 3 is 3.06 bits per heavy atom. The smallest absolute Gasteiger partial charge is 0.134 e. The second kappa shape index (κ2) is 6.12. The number of nitrogens with one attached hydrogen (secondary N) is 1. The Balaban J connectivity index is 1.59. The molecule has 16 heavy (non-hydrogen) atoms. The van der Waals surface area contributed by atoms with E-state index in [0.29, 0.717) is 0 Å². The van der Waals surface area contributed by atoms with Crippen molar-refractivity contribution in [3.63, 3.8) is 0 Å². The van der Waals surface area contributed by atoms with Crippen LogP contribution in [-0.4, -0.2) is 18.1 Å². The van der Waals surface area contributed by atoms with Crippen LogP contribution in [0.4, 0.5) is 0 Å². The second-order valence-corrected chi connectivity index (χ2v) is 6.33. The summed E-state index contributed by atoms with van der Waals surface area (Å²) in [5, 5.41) is 3.48. The SMILES string of the molecule is CC(NCCSCC1CC1)c1occc1Br. The molecule has 0 aliphatic heterocycles. The maximum atomic E-state index is 5.42. The van der Waals surface area contributed by atoms with E-state index in [1.54, 1.807) is 6.26 Å². The molecule has 1 N–H and O–H groups in total. The van der Waals surface area contributed by atoms with Gasteiger partial charge < -0.3 is 9.73 Å². The molecule has 2 nitrogen and oxygen atoms in total. The van der Waals surface area contributed by atoms with E-state index in [2.05, 4.69) is 39.9 Å². The summed E-state index contributed by atoms with van der Waals surface area (Å²) < 4.78 is 6.47. The van der Waals surface area contributed by atoms with Crippen LogP contribution < -0.4 is 5.32 Å². The van der Waals surface area contributed by atoms with Crippen molar-refractivity contribution >= 4 is 27.7 Å². The number of hydrogen-bond acceptors (Lipinski definition) is 3. The van der Waals surface area contributed by atoms with Crippen molar-refractivity contribution in [2.75, 3.05) is 18.1 Å². The maximum absolute atomic E-state index is 5.42. The van der Waals surface area contributed by atoms with Gasteiger partial charge in [0.2, 0.25) is 0 Å². The molecule has 0 spiro atoms. The molecule has 0 saturated heterocycles. The van der Waals surface area contributed by atoms with Gasteiger partial charge in [-0.25, -0.2) is 0 Å². The first kappa shape index (κ1) is 12.5. The monoisotopic (exact) mass is 303 g/mol. The van der Waals surface area contributed by atoms with Gasteiger partial charge in [-0.2, -0.15) is 11.8 Å². The Bertz CT molecular complexity index is 325. The molecule has 1 fully saturated rings.